The lowest BCUT2D eigenvalue weighted by molar-refractivity contribution is -0.135. The number of carbonyl (C=O) groups is 2. The predicted molar refractivity (Wildman–Crippen MR) is 112 cm³/mol. The van der Waals surface area contributed by atoms with E-state index in [1.165, 1.54) is 6.92 Å². The van der Waals surface area contributed by atoms with Gasteiger partial charge in [-0.3, -0.25) is 9.59 Å². The number of amides is 2. The summed E-state index contributed by atoms with van der Waals surface area (Å²) in [6, 6.07) is 0. The molecule has 0 aromatic rings. The summed E-state index contributed by atoms with van der Waals surface area (Å²) in [6.45, 7) is 17.7. The van der Waals surface area contributed by atoms with Gasteiger partial charge in [0.15, 0.2) is 0 Å². The van der Waals surface area contributed by atoms with E-state index in [2.05, 4.69) is 45.3 Å². The van der Waals surface area contributed by atoms with Crippen molar-refractivity contribution >= 4 is 18.9 Å². The van der Waals surface area contributed by atoms with E-state index >= 15 is 0 Å². The molecule has 6 nitrogen and oxygen atoms in total. The molecule has 0 aromatic carbocycles. The SMILES string of the molecule is CC(=O)NC1(C(=O)NC(C)(C)C)CC[C@@H](CCB2OC(C)(C)C(C)(C)O2)[C@@H]1C. The molecule has 7 heteroatoms. The first kappa shape index (κ1) is 23.2. The predicted octanol–water partition coefficient (Wildman–Crippen LogP) is 3.30. The Kier molecular flexibility index (Phi) is 6.33. The second-order valence-electron chi connectivity index (χ2n) is 10.7. The second-order valence-corrected chi connectivity index (χ2v) is 10.7. The van der Waals surface area contributed by atoms with Crippen LogP contribution in [-0.2, 0) is 18.9 Å². The van der Waals surface area contributed by atoms with E-state index < -0.39 is 5.54 Å². The van der Waals surface area contributed by atoms with Crippen LogP contribution in [0.15, 0.2) is 0 Å². The van der Waals surface area contributed by atoms with Crippen molar-refractivity contribution < 1.29 is 18.9 Å². The van der Waals surface area contributed by atoms with E-state index in [9.17, 15) is 9.59 Å². The first-order chi connectivity index (χ1) is 12.6. The van der Waals surface area contributed by atoms with Crippen molar-refractivity contribution in [2.24, 2.45) is 11.8 Å². The van der Waals surface area contributed by atoms with Gasteiger partial charge in [0.2, 0.25) is 11.8 Å². The van der Waals surface area contributed by atoms with Crippen molar-refractivity contribution in [2.75, 3.05) is 0 Å². The van der Waals surface area contributed by atoms with Crippen LogP contribution in [0, 0.1) is 11.8 Å². The van der Waals surface area contributed by atoms with Crippen molar-refractivity contribution in [1.82, 2.24) is 10.6 Å². The van der Waals surface area contributed by atoms with Crippen LogP contribution in [-0.4, -0.2) is 41.2 Å². The van der Waals surface area contributed by atoms with Crippen LogP contribution in [0.1, 0.15) is 81.6 Å². The minimum Gasteiger partial charge on any atom is -0.403 e. The Hall–Kier alpha value is -1.08. The van der Waals surface area contributed by atoms with Crippen LogP contribution in [0.5, 0.6) is 0 Å². The molecule has 3 atom stereocenters. The first-order valence-electron chi connectivity index (χ1n) is 10.6. The molecule has 1 aliphatic heterocycles. The molecular formula is C21H39BN2O4. The third kappa shape index (κ3) is 4.73. The quantitative estimate of drug-likeness (QED) is 0.702. The van der Waals surface area contributed by atoms with Gasteiger partial charge in [0.25, 0.3) is 0 Å². The molecule has 1 saturated heterocycles. The Labute approximate surface area is 171 Å². The minimum absolute atomic E-state index is 0.0428. The Balaban J connectivity index is 2.07. The topological polar surface area (TPSA) is 76.7 Å². The number of rotatable bonds is 5. The lowest BCUT2D eigenvalue weighted by Crippen LogP contribution is -2.63. The average Bonchev–Trinajstić information content (AvgIpc) is 2.90. The normalized spacial score (nSPS) is 31.7. The fourth-order valence-electron chi connectivity index (χ4n) is 4.44. The van der Waals surface area contributed by atoms with Gasteiger partial charge >= 0.3 is 7.12 Å². The molecule has 2 fully saturated rings. The Morgan fingerprint density at radius 1 is 1.11 bits per heavy atom. The van der Waals surface area contributed by atoms with Gasteiger partial charge in [-0.15, -0.1) is 0 Å². The zero-order valence-corrected chi connectivity index (χ0v) is 19.2. The van der Waals surface area contributed by atoms with Gasteiger partial charge in [0, 0.05) is 12.5 Å². The smallest absolute Gasteiger partial charge is 0.403 e. The Morgan fingerprint density at radius 2 is 1.64 bits per heavy atom. The van der Waals surface area contributed by atoms with E-state index in [1.54, 1.807) is 0 Å². The summed E-state index contributed by atoms with van der Waals surface area (Å²) in [5, 5.41) is 6.07. The molecule has 2 N–H and O–H groups in total. The van der Waals surface area contributed by atoms with Gasteiger partial charge < -0.3 is 19.9 Å². The molecule has 1 aliphatic carbocycles. The van der Waals surface area contributed by atoms with Gasteiger partial charge in [0.1, 0.15) is 5.54 Å². The molecule has 0 spiro atoms. The van der Waals surface area contributed by atoms with E-state index in [-0.39, 0.29) is 41.6 Å². The Bertz CT molecular complexity index is 598. The fourth-order valence-corrected chi connectivity index (χ4v) is 4.44. The van der Waals surface area contributed by atoms with Gasteiger partial charge in [-0.05, 0) is 79.5 Å². The molecule has 0 bridgehead atoms. The van der Waals surface area contributed by atoms with Crippen LogP contribution in [0.25, 0.3) is 0 Å². The van der Waals surface area contributed by atoms with E-state index in [1.807, 2.05) is 20.8 Å². The third-order valence-corrected chi connectivity index (χ3v) is 6.76. The number of hydrogen-bond donors (Lipinski definition) is 2. The van der Waals surface area contributed by atoms with Gasteiger partial charge in [-0.1, -0.05) is 13.3 Å². The summed E-state index contributed by atoms with van der Waals surface area (Å²) in [7, 11) is -0.226. The van der Waals surface area contributed by atoms with Gasteiger partial charge in [-0.25, -0.2) is 0 Å². The van der Waals surface area contributed by atoms with Crippen molar-refractivity contribution in [3.05, 3.63) is 0 Å². The molecule has 160 valence electrons. The molecule has 2 aliphatic rings. The summed E-state index contributed by atoms with van der Waals surface area (Å²) >= 11 is 0. The molecule has 2 rings (SSSR count). The highest BCUT2D eigenvalue weighted by Gasteiger charge is 2.54. The molecular weight excluding hydrogens is 355 g/mol. The number of hydrogen-bond acceptors (Lipinski definition) is 4. The summed E-state index contributed by atoms with van der Waals surface area (Å²) in [4.78, 5) is 25.0. The number of carbonyl (C=O) groups excluding carboxylic acids is 2. The van der Waals surface area contributed by atoms with Crippen LogP contribution in [0.3, 0.4) is 0 Å². The third-order valence-electron chi connectivity index (χ3n) is 6.76. The van der Waals surface area contributed by atoms with Crippen molar-refractivity contribution in [1.29, 1.82) is 0 Å². The van der Waals surface area contributed by atoms with Crippen LogP contribution in [0.2, 0.25) is 6.32 Å². The molecule has 1 heterocycles. The van der Waals surface area contributed by atoms with E-state index in [0.29, 0.717) is 12.3 Å². The summed E-state index contributed by atoms with van der Waals surface area (Å²) < 4.78 is 12.2. The average molecular weight is 394 g/mol. The first-order valence-corrected chi connectivity index (χ1v) is 10.6. The maximum atomic E-state index is 13.1. The summed E-state index contributed by atoms with van der Waals surface area (Å²) in [5.41, 5.74) is -1.85. The maximum absolute atomic E-state index is 13.1. The van der Waals surface area contributed by atoms with Crippen molar-refractivity contribution in [3.8, 4) is 0 Å². The highest BCUT2D eigenvalue weighted by molar-refractivity contribution is 6.45. The summed E-state index contributed by atoms with van der Waals surface area (Å²) in [5.74, 6) is 0.126. The van der Waals surface area contributed by atoms with Crippen LogP contribution in [0.4, 0.5) is 0 Å². The van der Waals surface area contributed by atoms with Crippen molar-refractivity contribution in [2.45, 2.75) is 110 Å². The Morgan fingerprint density at radius 3 is 2.11 bits per heavy atom. The van der Waals surface area contributed by atoms with Crippen LogP contribution < -0.4 is 10.6 Å². The molecule has 2 amide bonds. The zero-order chi connectivity index (χ0) is 21.5. The molecule has 1 unspecified atom stereocenters. The van der Waals surface area contributed by atoms with Gasteiger partial charge in [0.05, 0.1) is 11.2 Å². The lowest BCUT2D eigenvalue weighted by atomic mass is 9.75. The van der Waals surface area contributed by atoms with E-state index in [0.717, 1.165) is 19.2 Å². The van der Waals surface area contributed by atoms with Crippen molar-refractivity contribution in [3.63, 3.8) is 0 Å². The van der Waals surface area contributed by atoms with Gasteiger partial charge in [-0.2, -0.15) is 0 Å². The highest BCUT2D eigenvalue weighted by atomic mass is 16.7. The molecule has 0 radical (unpaired) electrons. The largest absolute Gasteiger partial charge is 0.457 e. The molecule has 1 saturated carbocycles. The molecule has 0 aromatic heterocycles. The van der Waals surface area contributed by atoms with E-state index in [4.69, 9.17) is 9.31 Å². The number of nitrogens with one attached hydrogen (secondary N) is 2. The lowest BCUT2D eigenvalue weighted by Gasteiger charge is -2.37. The monoisotopic (exact) mass is 394 g/mol. The maximum Gasteiger partial charge on any atom is 0.457 e. The fraction of sp³-hybridized carbons (Fsp3) is 0.905. The standard InChI is InChI=1S/C21H39BN2O4/c1-14-16(11-13-22-27-19(6,7)20(8,9)28-22)10-12-21(14,23-15(2)25)17(26)24-18(3,4)5/h14,16H,10-13H2,1-9H3,(H,23,25)(H,24,26)/t14-,16-,21?/m0/s1. The minimum atomic E-state index is -0.848. The second kappa shape index (κ2) is 7.64. The molecule has 28 heavy (non-hydrogen) atoms. The van der Waals surface area contributed by atoms with Crippen LogP contribution >= 0.6 is 0 Å². The highest BCUT2D eigenvalue weighted by Crippen LogP contribution is 2.45. The summed E-state index contributed by atoms with van der Waals surface area (Å²) in [6.07, 6.45) is 3.25. The zero-order valence-electron chi connectivity index (χ0n) is 19.2.